The lowest BCUT2D eigenvalue weighted by molar-refractivity contribution is -0.125. The van der Waals surface area contributed by atoms with Crippen molar-refractivity contribution in [3.05, 3.63) is 65.7 Å². The lowest BCUT2D eigenvalue weighted by Crippen LogP contribution is -2.41. The first-order valence-corrected chi connectivity index (χ1v) is 12.0. The molecule has 0 saturated carbocycles. The highest BCUT2D eigenvalue weighted by molar-refractivity contribution is 7.13. The van der Waals surface area contributed by atoms with Gasteiger partial charge in [0.05, 0.1) is 19.4 Å². The molecule has 3 rings (SSSR count). The predicted molar refractivity (Wildman–Crippen MR) is 135 cm³/mol. The Morgan fingerprint density at radius 1 is 1.03 bits per heavy atom. The van der Waals surface area contributed by atoms with Crippen LogP contribution in [0, 0.1) is 0 Å². The van der Waals surface area contributed by atoms with Crippen LogP contribution in [0.3, 0.4) is 0 Å². The average molecular weight is 497 g/mol. The van der Waals surface area contributed by atoms with Crippen molar-refractivity contribution >= 4 is 39.9 Å². The van der Waals surface area contributed by atoms with Gasteiger partial charge in [0.25, 0.3) is 0 Å². The van der Waals surface area contributed by atoms with E-state index in [4.69, 9.17) is 9.47 Å². The standard InChI is InChI=1S/C25H28N4O5S/c1-3-34-21-7-5-4-6-20(21)29(24(32)13-12-22(30)28-25-26-14-15-35-25)17-23(31)27-16-18-8-10-19(33-2)11-9-18/h4-11,14-15H,3,12-13,16-17H2,1-2H3,(H,27,31)(H,26,28,30). The molecule has 3 aromatic rings. The van der Waals surface area contributed by atoms with Crippen molar-refractivity contribution in [2.24, 2.45) is 0 Å². The van der Waals surface area contributed by atoms with E-state index in [1.807, 2.05) is 31.2 Å². The Morgan fingerprint density at radius 3 is 2.49 bits per heavy atom. The molecule has 0 atom stereocenters. The summed E-state index contributed by atoms with van der Waals surface area (Å²) in [6.07, 6.45) is 1.46. The largest absolute Gasteiger partial charge is 0.497 e. The van der Waals surface area contributed by atoms with Gasteiger partial charge in [0.2, 0.25) is 17.7 Å². The van der Waals surface area contributed by atoms with E-state index in [-0.39, 0.29) is 37.1 Å². The molecule has 1 aromatic heterocycles. The summed E-state index contributed by atoms with van der Waals surface area (Å²) in [5.41, 5.74) is 1.37. The van der Waals surface area contributed by atoms with Crippen molar-refractivity contribution in [3.63, 3.8) is 0 Å². The van der Waals surface area contributed by atoms with E-state index in [9.17, 15) is 14.4 Å². The van der Waals surface area contributed by atoms with Gasteiger partial charge in [-0.25, -0.2) is 4.98 Å². The van der Waals surface area contributed by atoms with Crippen molar-refractivity contribution < 1.29 is 23.9 Å². The fourth-order valence-electron chi connectivity index (χ4n) is 3.23. The number of amides is 3. The van der Waals surface area contributed by atoms with Crippen LogP contribution in [0.1, 0.15) is 25.3 Å². The summed E-state index contributed by atoms with van der Waals surface area (Å²) in [4.78, 5) is 43.6. The normalized spacial score (nSPS) is 10.3. The molecule has 10 heteroatoms. The molecule has 2 N–H and O–H groups in total. The third kappa shape index (κ3) is 7.82. The Balaban J connectivity index is 1.67. The van der Waals surface area contributed by atoms with Crippen LogP contribution in [0.4, 0.5) is 10.8 Å². The first-order chi connectivity index (χ1) is 17.0. The lowest BCUT2D eigenvalue weighted by atomic mass is 10.2. The first-order valence-electron chi connectivity index (χ1n) is 11.1. The second-order valence-electron chi connectivity index (χ2n) is 7.39. The number of benzene rings is 2. The van der Waals surface area contributed by atoms with Crippen LogP contribution in [0.2, 0.25) is 0 Å². The molecule has 184 valence electrons. The quantitative estimate of drug-likeness (QED) is 0.396. The number of methoxy groups -OCH3 is 1. The molecule has 35 heavy (non-hydrogen) atoms. The monoisotopic (exact) mass is 496 g/mol. The van der Waals surface area contributed by atoms with E-state index < -0.39 is 0 Å². The Morgan fingerprint density at radius 2 is 1.80 bits per heavy atom. The summed E-state index contributed by atoms with van der Waals surface area (Å²) < 4.78 is 10.8. The van der Waals surface area contributed by atoms with Crippen molar-refractivity contribution in [2.45, 2.75) is 26.3 Å². The zero-order valence-corrected chi connectivity index (χ0v) is 20.5. The number of carbonyl (C=O) groups excluding carboxylic acids is 3. The maximum absolute atomic E-state index is 13.2. The number of anilines is 2. The summed E-state index contributed by atoms with van der Waals surface area (Å²) >= 11 is 1.30. The molecule has 1 heterocycles. The average Bonchev–Trinajstić information content (AvgIpc) is 3.38. The number of carbonyl (C=O) groups is 3. The second kappa shape index (κ2) is 13.1. The van der Waals surface area contributed by atoms with E-state index >= 15 is 0 Å². The Kier molecular flexibility index (Phi) is 9.61. The van der Waals surface area contributed by atoms with Gasteiger partial charge in [-0.15, -0.1) is 11.3 Å². The number of para-hydroxylation sites is 2. The highest BCUT2D eigenvalue weighted by atomic mass is 32.1. The van der Waals surface area contributed by atoms with Gasteiger partial charge in [0.1, 0.15) is 18.0 Å². The number of thiazole rings is 1. The van der Waals surface area contributed by atoms with E-state index in [0.717, 1.165) is 11.3 Å². The van der Waals surface area contributed by atoms with Gasteiger partial charge in [-0.1, -0.05) is 24.3 Å². The molecular formula is C25H28N4O5S. The number of rotatable bonds is 12. The van der Waals surface area contributed by atoms with Crippen molar-refractivity contribution in [1.29, 1.82) is 0 Å². The summed E-state index contributed by atoms with van der Waals surface area (Å²) in [6.45, 7) is 2.33. The van der Waals surface area contributed by atoms with Crippen LogP contribution in [0.5, 0.6) is 11.5 Å². The highest BCUT2D eigenvalue weighted by Gasteiger charge is 2.23. The molecule has 0 aliphatic rings. The second-order valence-corrected chi connectivity index (χ2v) is 8.29. The fourth-order valence-corrected chi connectivity index (χ4v) is 3.78. The minimum absolute atomic E-state index is 0.0425. The van der Waals surface area contributed by atoms with Crippen LogP contribution >= 0.6 is 11.3 Å². The van der Waals surface area contributed by atoms with E-state index in [0.29, 0.717) is 29.7 Å². The zero-order chi connectivity index (χ0) is 25.0. The number of nitrogens with zero attached hydrogens (tertiary/aromatic N) is 2. The highest BCUT2D eigenvalue weighted by Crippen LogP contribution is 2.29. The Bertz CT molecular complexity index is 1120. The van der Waals surface area contributed by atoms with Crippen molar-refractivity contribution in [2.75, 3.05) is 30.5 Å². The van der Waals surface area contributed by atoms with Gasteiger partial charge in [-0.2, -0.15) is 0 Å². The summed E-state index contributed by atoms with van der Waals surface area (Å²) in [5.74, 6) is 0.177. The number of ether oxygens (including phenoxy) is 2. The third-order valence-corrected chi connectivity index (χ3v) is 5.64. The predicted octanol–water partition coefficient (Wildman–Crippen LogP) is 3.62. The molecule has 0 unspecified atom stereocenters. The summed E-state index contributed by atoms with van der Waals surface area (Å²) in [7, 11) is 1.59. The molecule has 0 spiro atoms. The molecule has 9 nitrogen and oxygen atoms in total. The molecule has 0 saturated heterocycles. The topological polar surface area (TPSA) is 110 Å². The maximum Gasteiger partial charge on any atom is 0.240 e. The van der Waals surface area contributed by atoms with Crippen LogP contribution < -0.4 is 25.0 Å². The van der Waals surface area contributed by atoms with E-state index in [2.05, 4.69) is 15.6 Å². The van der Waals surface area contributed by atoms with E-state index in [1.165, 1.54) is 16.2 Å². The molecular weight excluding hydrogens is 468 g/mol. The maximum atomic E-state index is 13.2. The van der Waals surface area contributed by atoms with Gasteiger partial charge < -0.3 is 20.1 Å². The zero-order valence-electron chi connectivity index (χ0n) is 19.7. The SMILES string of the molecule is CCOc1ccccc1N(CC(=O)NCc1ccc(OC)cc1)C(=O)CCC(=O)Nc1nccs1. The van der Waals surface area contributed by atoms with Gasteiger partial charge in [-0.05, 0) is 36.8 Å². The van der Waals surface area contributed by atoms with Crippen molar-refractivity contribution in [3.8, 4) is 11.5 Å². The third-order valence-electron chi connectivity index (χ3n) is 4.95. The Labute approximate surface area is 208 Å². The number of aromatic nitrogens is 1. The van der Waals surface area contributed by atoms with Gasteiger partial charge in [0, 0.05) is 31.0 Å². The van der Waals surface area contributed by atoms with Crippen LogP contribution in [-0.4, -0.2) is 43.0 Å². The van der Waals surface area contributed by atoms with Gasteiger partial charge >= 0.3 is 0 Å². The lowest BCUT2D eigenvalue weighted by Gasteiger charge is -2.24. The molecule has 0 aliphatic carbocycles. The molecule has 3 amide bonds. The minimum Gasteiger partial charge on any atom is -0.497 e. The number of hydrogen-bond donors (Lipinski definition) is 2. The summed E-state index contributed by atoms with van der Waals surface area (Å²) in [6, 6.07) is 14.4. The Hall–Kier alpha value is -3.92. The smallest absolute Gasteiger partial charge is 0.240 e. The number of nitrogens with one attached hydrogen (secondary N) is 2. The van der Waals surface area contributed by atoms with Crippen LogP contribution in [0.15, 0.2) is 60.1 Å². The fraction of sp³-hybridized carbons (Fsp3) is 0.280. The number of hydrogen-bond acceptors (Lipinski definition) is 7. The van der Waals surface area contributed by atoms with Crippen LogP contribution in [0.25, 0.3) is 0 Å². The van der Waals surface area contributed by atoms with E-state index in [1.54, 1.807) is 43.0 Å². The summed E-state index contributed by atoms with van der Waals surface area (Å²) in [5, 5.41) is 7.72. The van der Waals surface area contributed by atoms with Gasteiger partial charge in [-0.3, -0.25) is 19.3 Å². The molecule has 0 bridgehead atoms. The first kappa shape index (κ1) is 25.7. The minimum atomic E-state index is -0.369. The molecule has 2 aromatic carbocycles. The molecule has 0 aliphatic heterocycles. The van der Waals surface area contributed by atoms with Gasteiger partial charge in [0.15, 0.2) is 5.13 Å². The van der Waals surface area contributed by atoms with Crippen LogP contribution in [-0.2, 0) is 20.9 Å². The van der Waals surface area contributed by atoms with Crippen molar-refractivity contribution in [1.82, 2.24) is 10.3 Å². The molecule has 0 radical (unpaired) electrons. The molecule has 0 fully saturated rings.